The van der Waals surface area contributed by atoms with Crippen LogP contribution < -0.4 is 11.5 Å². The minimum Gasteiger partial charge on any atom is -0.383 e. The number of hydrogen-bond acceptors (Lipinski definition) is 4. The quantitative estimate of drug-likeness (QED) is 0.656. The van der Waals surface area contributed by atoms with E-state index in [0.29, 0.717) is 12.4 Å². The molecule has 0 saturated heterocycles. The SMILES string of the molecule is CN(C)CCn1ncc(C(N)=O)c1N. The van der Waals surface area contributed by atoms with Crippen LogP contribution >= 0.6 is 0 Å². The fourth-order valence-electron chi connectivity index (χ4n) is 1.06. The lowest BCUT2D eigenvalue weighted by molar-refractivity contribution is 0.100. The summed E-state index contributed by atoms with van der Waals surface area (Å²) in [6.07, 6.45) is 1.40. The molecule has 6 nitrogen and oxygen atoms in total. The number of carbonyl (C=O) groups excluding carboxylic acids is 1. The minimum atomic E-state index is -0.543. The van der Waals surface area contributed by atoms with Gasteiger partial charge in [0, 0.05) is 6.54 Å². The average molecular weight is 197 g/mol. The van der Waals surface area contributed by atoms with Gasteiger partial charge in [-0.3, -0.25) is 4.79 Å². The molecule has 1 aromatic heterocycles. The number of likely N-dealkylation sites (N-methyl/N-ethyl adjacent to an activating group) is 1. The number of nitrogens with two attached hydrogens (primary N) is 2. The molecule has 0 fully saturated rings. The highest BCUT2D eigenvalue weighted by molar-refractivity contribution is 5.96. The zero-order valence-corrected chi connectivity index (χ0v) is 8.40. The molecule has 1 rings (SSSR count). The Kier molecular flexibility index (Phi) is 3.08. The minimum absolute atomic E-state index is 0.281. The predicted molar refractivity (Wildman–Crippen MR) is 53.7 cm³/mol. The number of carbonyl (C=O) groups is 1. The van der Waals surface area contributed by atoms with E-state index in [9.17, 15) is 4.79 Å². The van der Waals surface area contributed by atoms with Crippen molar-refractivity contribution in [3.63, 3.8) is 0 Å². The van der Waals surface area contributed by atoms with Gasteiger partial charge in [-0.1, -0.05) is 0 Å². The summed E-state index contributed by atoms with van der Waals surface area (Å²) in [7, 11) is 3.91. The maximum Gasteiger partial charge on any atom is 0.254 e. The van der Waals surface area contributed by atoms with Gasteiger partial charge in [-0.15, -0.1) is 0 Å². The number of rotatable bonds is 4. The van der Waals surface area contributed by atoms with Gasteiger partial charge in [-0.05, 0) is 14.1 Å². The van der Waals surface area contributed by atoms with Crippen LogP contribution in [0.25, 0.3) is 0 Å². The first-order chi connectivity index (χ1) is 6.52. The van der Waals surface area contributed by atoms with Crippen molar-refractivity contribution in [1.82, 2.24) is 14.7 Å². The first-order valence-corrected chi connectivity index (χ1v) is 4.28. The lowest BCUT2D eigenvalue weighted by Crippen LogP contribution is -2.20. The third-order valence-corrected chi connectivity index (χ3v) is 1.90. The van der Waals surface area contributed by atoms with Crippen molar-refractivity contribution in [2.75, 3.05) is 26.4 Å². The average Bonchev–Trinajstić information content (AvgIpc) is 2.43. The van der Waals surface area contributed by atoms with Gasteiger partial charge in [0.2, 0.25) is 0 Å². The molecule has 0 aliphatic carbocycles. The first kappa shape index (κ1) is 10.5. The van der Waals surface area contributed by atoms with Crippen LogP contribution in [0.4, 0.5) is 5.82 Å². The van der Waals surface area contributed by atoms with Crippen LogP contribution in [0.1, 0.15) is 10.4 Å². The summed E-state index contributed by atoms with van der Waals surface area (Å²) in [5.41, 5.74) is 11.1. The Balaban J connectivity index is 2.74. The number of hydrogen-bond donors (Lipinski definition) is 2. The maximum atomic E-state index is 10.9. The van der Waals surface area contributed by atoms with Gasteiger partial charge in [0.1, 0.15) is 11.4 Å². The van der Waals surface area contributed by atoms with Crippen molar-refractivity contribution < 1.29 is 4.79 Å². The van der Waals surface area contributed by atoms with E-state index >= 15 is 0 Å². The zero-order chi connectivity index (χ0) is 10.7. The molecule has 0 bridgehead atoms. The molecular formula is C8H15N5O. The van der Waals surface area contributed by atoms with E-state index in [4.69, 9.17) is 11.5 Å². The summed E-state index contributed by atoms with van der Waals surface area (Å²) in [6.45, 7) is 1.45. The van der Waals surface area contributed by atoms with Crippen molar-refractivity contribution in [3.8, 4) is 0 Å². The molecule has 4 N–H and O–H groups in total. The second-order valence-corrected chi connectivity index (χ2v) is 3.33. The van der Waals surface area contributed by atoms with Crippen LogP contribution in [0.15, 0.2) is 6.20 Å². The number of nitrogens with zero attached hydrogens (tertiary/aromatic N) is 3. The second kappa shape index (κ2) is 4.10. The lowest BCUT2D eigenvalue weighted by atomic mass is 10.3. The predicted octanol–water partition coefficient (Wildman–Crippen LogP) is -0.874. The summed E-state index contributed by atoms with van der Waals surface area (Å²) < 4.78 is 1.57. The number of anilines is 1. The van der Waals surface area contributed by atoms with Crippen molar-refractivity contribution in [2.45, 2.75) is 6.54 Å². The Bertz CT molecular complexity index is 330. The van der Waals surface area contributed by atoms with Gasteiger partial charge < -0.3 is 16.4 Å². The molecule has 0 atom stereocenters. The molecule has 0 aliphatic heterocycles. The van der Waals surface area contributed by atoms with Crippen molar-refractivity contribution in [3.05, 3.63) is 11.8 Å². The summed E-state index contributed by atoms with van der Waals surface area (Å²) >= 11 is 0. The topological polar surface area (TPSA) is 90.2 Å². The van der Waals surface area contributed by atoms with Gasteiger partial charge >= 0.3 is 0 Å². The van der Waals surface area contributed by atoms with Gasteiger partial charge in [-0.25, -0.2) is 4.68 Å². The highest BCUT2D eigenvalue weighted by Crippen LogP contribution is 2.09. The molecule has 0 aromatic carbocycles. The highest BCUT2D eigenvalue weighted by Gasteiger charge is 2.11. The lowest BCUT2D eigenvalue weighted by Gasteiger charge is -2.10. The standard InChI is InChI=1S/C8H15N5O/c1-12(2)3-4-13-7(9)6(5-11-13)8(10)14/h5H,3-4,9H2,1-2H3,(H2,10,14). The third-order valence-electron chi connectivity index (χ3n) is 1.90. The molecule has 6 heteroatoms. The summed E-state index contributed by atoms with van der Waals surface area (Å²) in [5, 5.41) is 3.97. The molecule has 1 heterocycles. The Morgan fingerprint density at radius 2 is 2.29 bits per heavy atom. The maximum absolute atomic E-state index is 10.9. The molecule has 0 aliphatic rings. The monoisotopic (exact) mass is 197 g/mol. The zero-order valence-electron chi connectivity index (χ0n) is 8.40. The molecular weight excluding hydrogens is 182 g/mol. The van der Waals surface area contributed by atoms with E-state index in [1.54, 1.807) is 4.68 Å². The second-order valence-electron chi connectivity index (χ2n) is 3.33. The Labute approximate surface area is 82.5 Å². The van der Waals surface area contributed by atoms with Crippen LogP contribution in [0.2, 0.25) is 0 Å². The Morgan fingerprint density at radius 3 is 2.71 bits per heavy atom. The third kappa shape index (κ3) is 2.23. The number of primary amides is 1. The van der Waals surface area contributed by atoms with Crippen molar-refractivity contribution >= 4 is 11.7 Å². The van der Waals surface area contributed by atoms with Crippen LogP contribution in [0, 0.1) is 0 Å². The molecule has 1 amide bonds. The molecule has 0 radical (unpaired) electrons. The fourth-order valence-corrected chi connectivity index (χ4v) is 1.06. The van der Waals surface area contributed by atoms with Crippen LogP contribution in [-0.2, 0) is 6.54 Å². The summed E-state index contributed by atoms with van der Waals surface area (Å²) in [5.74, 6) is -0.210. The van der Waals surface area contributed by atoms with E-state index in [2.05, 4.69) is 5.10 Å². The van der Waals surface area contributed by atoms with Crippen LogP contribution in [0.5, 0.6) is 0 Å². The van der Waals surface area contributed by atoms with E-state index in [0.717, 1.165) is 6.54 Å². The number of aromatic nitrogens is 2. The molecule has 78 valence electrons. The summed E-state index contributed by atoms with van der Waals surface area (Å²) in [4.78, 5) is 12.9. The van der Waals surface area contributed by atoms with Gasteiger partial charge in [0.15, 0.2) is 0 Å². The highest BCUT2D eigenvalue weighted by atomic mass is 16.1. The Hall–Kier alpha value is -1.56. The van der Waals surface area contributed by atoms with Crippen LogP contribution in [0.3, 0.4) is 0 Å². The number of nitrogen functional groups attached to an aromatic ring is 1. The number of amides is 1. The van der Waals surface area contributed by atoms with E-state index < -0.39 is 5.91 Å². The molecule has 0 spiro atoms. The van der Waals surface area contributed by atoms with E-state index in [1.807, 2.05) is 19.0 Å². The molecule has 0 unspecified atom stereocenters. The van der Waals surface area contributed by atoms with Crippen molar-refractivity contribution in [2.24, 2.45) is 5.73 Å². The van der Waals surface area contributed by atoms with Gasteiger partial charge in [0.05, 0.1) is 12.7 Å². The summed E-state index contributed by atoms with van der Waals surface area (Å²) in [6, 6.07) is 0. The first-order valence-electron chi connectivity index (χ1n) is 4.28. The van der Waals surface area contributed by atoms with E-state index in [1.165, 1.54) is 6.20 Å². The van der Waals surface area contributed by atoms with Gasteiger partial charge in [-0.2, -0.15) is 5.10 Å². The largest absolute Gasteiger partial charge is 0.383 e. The Morgan fingerprint density at radius 1 is 1.64 bits per heavy atom. The van der Waals surface area contributed by atoms with E-state index in [-0.39, 0.29) is 5.56 Å². The molecule has 14 heavy (non-hydrogen) atoms. The molecule has 0 saturated carbocycles. The van der Waals surface area contributed by atoms with Crippen molar-refractivity contribution in [1.29, 1.82) is 0 Å². The van der Waals surface area contributed by atoms with Crippen LogP contribution in [-0.4, -0.2) is 41.2 Å². The smallest absolute Gasteiger partial charge is 0.254 e. The normalized spacial score (nSPS) is 10.8. The fraction of sp³-hybridized carbons (Fsp3) is 0.500. The molecule has 1 aromatic rings. The van der Waals surface area contributed by atoms with Gasteiger partial charge in [0.25, 0.3) is 5.91 Å².